The highest BCUT2D eigenvalue weighted by Gasteiger charge is 2.13. The van der Waals surface area contributed by atoms with Crippen LogP contribution in [0.5, 0.6) is 0 Å². The number of halogens is 1. The highest BCUT2D eigenvalue weighted by molar-refractivity contribution is 6.58. The van der Waals surface area contributed by atoms with Crippen molar-refractivity contribution in [3.05, 3.63) is 29.6 Å². The van der Waals surface area contributed by atoms with Crippen LogP contribution in [0.15, 0.2) is 18.2 Å². The van der Waals surface area contributed by atoms with E-state index in [0.29, 0.717) is 5.56 Å². The van der Waals surface area contributed by atoms with E-state index in [4.69, 9.17) is 14.8 Å². The van der Waals surface area contributed by atoms with Gasteiger partial charge in [-0.2, -0.15) is 0 Å². The van der Waals surface area contributed by atoms with Gasteiger partial charge < -0.3 is 14.8 Å². The van der Waals surface area contributed by atoms with Gasteiger partial charge in [-0.25, -0.2) is 4.39 Å². The molecule has 0 amide bonds. The van der Waals surface area contributed by atoms with Crippen LogP contribution < -0.4 is 5.46 Å². The second-order valence-corrected chi connectivity index (χ2v) is 3.63. The van der Waals surface area contributed by atoms with Crippen LogP contribution in [-0.2, 0) is 11.3 Å². The van der Waals surface area contributed by atoms with Crippen molar-refractivity contribution in [3.63, 3.8) is 0 Å². The van der Waals surface area contributed by atoms with Crippen LogP contribution in [0.1, 0.15) is 19.4 Å². The Kier molecular flexibility index (Phi) is 4.26. The Labute approximate surface area is 88.7 Å². The van der Waals surface area contributed by atoms with E-state index in [2.05, 4.69) is 0 Å². The first kappa shape index (κ1) is 12.2. The Bertz CT molecular complexity index is 328. The molecule has 3 nitrogen and oxygen atoms in total. The monoisotopic (exact) mass is 212 g/mol. The molecule has 82 valence electrons. The molecule has 0 aliphatic carbocycles. The zero-order chi connectivity index (χ0) is 11.4. The first-order valence-electron chi connectivity index (χ1n) is 4.76. The summed E-state index contributed by atoms with van der Waals surface area (Å²) in [6.07, 6.45) is 0.0516. The van der Waals surface area contributed by atoms with Crippen LogP contribution in [0, 0.1) is 5.82 Å². The van der Waals surface area contributed by atoms with Gasteiger partial charge in [0, 0.05) is 0 Å². The number of rotatable bonds is 4. The normalized spacial score (nSPS) is 10.8. The van der Waals surface area contributed by atoms with Crippen LogP contribution in [0.2, 0.25) is 0 Å². The van der Waals surface area contributed by atoms with Gasteiger partial charge in [-0.05, 0) is 37.0 Å². The summed E-state index contributed by atoms with van der Waals surface area (Å²) in [6, 6.07) is 3.91. The second-order valence-electron chi connectivity index (χ2n) is 3.63. The number of hydrogen-bond acceptors (Lipinski definition) is 3. The average molecular weight is 212 g/mol. The molecule has 0 radical (unpaired) electrons. The third-order valence-electron chi connectivity index (χ3n) is 1.86. The third-order valence-corrected chi connectivity index (χ3v) is 1.86. The summed E-state index contributed by atoms with van der Waals surface area (Å²) in [4.78, 5) is 0. The van der Waals surface area contributed by atoms with E-state index in [1.807, 2.05) is 13.8 Å². The molecule has 5 heteroatoms. The predicted molar refractivity (Wildman–Crippen MR) is 56.2 cm³/mol. The molecule has 0 aliphatic rings. The van der Waals surface area contributed by atoms with Gasteiger partial charge in [-0.1, -0.05) is 6.07 Å². The molecule has 0 bridgehead atoms. The maximum atomic E-state index is 13.0. The molecule has 0 aromatic heterocycles. The minimum absolute atomic E-state index is 0.0516. The maximum Gasteiger partial charge on any atom is 0.488 e. The van der Waals surface area contributed by atoms with Gasteiger partial charge in [0.05, 0.1) is 12.7 Å². The standard InChI is InChI=1S/C10H14BFO3/c1-7(2)15-6-8-3-9(11(13)14)5-10(12)4-8/h3-5,7,13-14H,6H2,1-2H3. The minimum atomic E-state index is -1.65. The Morgan fingerprint density at radius 1 is 1.33 bits per heavy atom. The summed E-state index contributed by atoms with van der Waals surface area (Å²) >= 11 is 0. The third kappa shape index (κ3) is 3.99. The van der Waals surface area contributed by atoms with E-state index in [0.717, 1.165) is 6.07 Å². The van der Waals surface area contributed by atoms with E-state index in [1.54, 1.807) is 0 Å². The molecule has 0 saturated carbocycles. The zero-order valence-electron chi connectivity index (χ0n) is 8.77. The lowest BCUT2D eigenvalue weighted by atomic mass is 9.79. The van der Waals surface area contributed by atoms with Crippen LogP contribution in [-0.4, -0.2) is 23.3 Å². The Morgan fingerprint density at radius 3 is 2.53 bits per heavy atom. The van der Waals surface area contributed by atoms with Crippen molar-refractivity contribution in [1.29, 1.82) is 0 Å². The summed E-state index contributed by atoms with van der Waals surface area (Å²) in [5.41, 5.74) is 0.726. The molecule has 15 heavy (non-hydrogen) atoms. The Morgan fingerprint density at radius 2 is 2.00 bits per heavy atom. The van der Waals surface area contributed by atoms with E-state index in [9.17, 15) is 4.39 Å². The average Bonchev–Trinajstić information content (AvgIpc) is 2.13. The van der Waals surface area contributed by atoms with Gasteiger partial charge in [0.25, 0.3) is 0 Å². The first-order chi connectivity index (χ1) is 6.99. The zero-order valence-corrected chi connectivity index (χ0v) is 8.77. The smallest absolute Gasteiger partial charge is 0.423 e. The summed E-state index contributed by atoms with van der Waals surface area (Å²) in [5, 5.41) is 17.8. The fraction of sp³-hybridized carbons (Fsp3) is 0.400. The van der Waals surface area contributed by atoms with Crippen LogP contribution >= 0.6 is 0 Å². The predicted octanol–water partition coefficient (Wildman–Crippen LogP) is 0.430. The fourth-order valence-electron chi connectivity index (χ4n) is 1.17. The van der Waals surface area contributed by atoms with Crippen molar-refractivity contribution in [1.82, 2.24) is 0 Å². The van der Waals surface area contributed by atoms with E-state index >= 15 is 0 Å². The van der Waals surface area contributed by atoms with Crippen molar-refractivity contribution in [2.45, 2.75) is 26.6 Å². The van der Waals surface area contributed by atoms with Crippen molar-refractivity contribution in [2.75, 3.05) is 0 Å². The molecule has 0 unspecified atom stereocenters. The lowest BCUT2D eigenvalue weighted by Gasteiger charge is -2.09. The van der Waals surface area contributed by atoms with Gasteiger partial charge in [0.15, 0.2) is 0 Å². The molecule has 0 atom stereocenters. The molecule has 0 aliphatic heterocycles. The highest BCUT2D eigenvalue weighted by atomic mass is 19.1. The quantitative estimate of drug-likeness (QED) is 0.711. The van der Waals surface area contributed by atoms with E-state index in [-0.39, 0.29) is 18.2 Å². The number of hydrogen-bond donors (Lipinski definition) is 2. The van der Waals surface area contributed by atoms with Crippen molar-refractivity contribution >= 4 is 12.6 Å². The largest absolute Gasteiger partial charge is 0.488 e. The number of benzene rings is 1. The molecule has 0 fully saturated rings. The van der Waals surface area contributed by atoms with Crippen LogP contribution in [0.25, 0.3) is 0 Å². The summed E-state index contributed by atoms with van der Waals surface area (Å²) in [5.74, 6) is -0.497. The number of ether oxygens (including phenoxy) is 1. The van der Waals surface area contributed by atoms with Crippen LogP contribution in [0.3, 0.4) is 0 Å². The highest BCUT2D eigenvalue weighted by Crippen LogP contribution is 2.05. The molecule has 0 heterocycles. The first-order valence-corrected chi connectivity index (χ1v) is 4.76. The minimum Gasteiger partial charge on any atom is -0.423 e. The SMILES string of the molecule is CC(C)OCc1cc(F)cc(B(O)O)c1. The van der Waals surface area contributed by atoms with E-state index < -0.39 is 12.9 Å². The summed E-state index contributed by atoms with van der Waals surface area (Å²) in [7, 11) is -1.65. The second kappa shape index (κ2) is 5.25. The lowest BCUT2D eigenvalue weighted by molar-refractivity contribution is 0.0656. The van der Waals surface area contributed by atoms with Gasteiger partial charge in [-0.3, -0.25) is 0 Å². The molecule has 1 rings (SSSR count). The van der Waals surface area contributed by atoms with Gasteiger partial charge in [-0.15, -0.1) is 0 Å². The summed E-state index contributed by atoms with van der Waals surface area (Å²) in [6.45, 7) is 4.01. The van der Waals surface area contributed by atoms with Crippen LogP contribution in [0.4, 0.5) is 4.39 Å². The maximum absolute atomic E-state index is 13.0. The van der Waals surface area contributed by atoms with Crippen molar-refractivity contribution < 1.29 is 19.2 Å². The molecular weight excluding hydrogens is 198 g/mol. The lowest BCUT2D eigenvalue weighted by Crippen LogP contribution is -2.30. The molecule has 1 aromatic carbocycles. The van der Waals surface area contributed by atoms with Crippen molar-refractivity contribution in [2.24, 2.45) is 0 Å². The topological polar surface area (TPSA) is 49.7 Å². The van der Waals surface area contributed by atoms with Gasteiger partial charge in [0.1, 0.15) is 5.82 Å². The molecule has 2 N–H and O–H groups in total. The summed E-state index contributed by atoms with van der Waals surface area (Å²) < 4.78 is 18.3. The Hall–Kier alpha value is -0.905. The van der Waals surface area contributed by atoms with Crippen molar-refractivity contribution in [3.8, 4) is 0 Å². The Balaban J connectivity index is 2.79. The molecular formula is C10H14BFO3. The van der Waals surface area contributed by atoms with E-state index in [1.165, 1.54) is 12.1 Å². The van der Waals surface area contributed by atoms with Gasteiger partial charge >= 0.3 is 7.12 Å². The molecule has 0 spiro atoms. The van der Waals surface area contributed by atoms with Gasteiger partial charge in [0.2, 0.25) is 0 Å². The molecule has 0 saturated heterocycles. The molecule has 1 aromatic rings. The fourth-order valence-corrected chi connectivity index (χ4v) is 1.17.